The van der Waals surface area contributed by atoms with Crippen LogP contribution in [0.3, 0.4) is 0 Å². The molecule has 0 radical (unpaired) electrons. The van der Waals surface area contributed by atoms with Gasteiger partial charge < -0.3 is 14.8 Å². The van der Waals surface area contributed by atoms with E-state index in [1.165, 1.54) is 19.0 Å². The first-order valence-corrected chi connectivity index (χ1v) is 11.6. The Morgan fingerprint density at radius 2 is 1.48 bits per heavy atom. The SMILES string of the molecule is O=C(N1CC2(CC(c3cncc(F)c3)C2)C1)N1CC2(CC(c3nnc(C4CC4)[nH]3)C2)C1. The maximum absolute atomic E-state index is 13.4. The molecular formula is C23H27FN6O. The molecule has 31 heavy (non-hydrogen) atoms. The average molecular weight is 423 g/mol. The standard InChI is InChI=1S/C23H27FN6O/c24-18-3-15(8-25-9-18)16-4-22(5-16)10-29(11-22)21(31)30-12-23(13-30)6-17(7-23)20-26-19(27-28-20)14-1-2-14/h3,8-9,14,16-17H,1-2,4-7,10-13H2,(H,26,27,28). The van der Waals surface area contributed by atoms with Crippen molar-refractivity contribution < 1.29 is 9.18 Å². The monoisotopic (exact) mass is 422 g/mol. The van der Waals surface area contributed by atoms with E-state index in [0.717, 1.165) is 69.1 Å². The van der Waals surface area contributed by atoms with Crippen molar-refractivity contribution in [2.24, 2.45) is 10.8 Å². The van der Waals surface area contributed by atoms with Gasteiger partial charge in [0.2, 0.25) is 0 Å². The fourth-order valence-corrected chi connectivity index (χ4v) is 6.58. The Kier molecular flexibility index (Phi) is 3.53. The highest BCUT2D eigenvalue weighted by Gasteiger charge is 2.58. The summed E-state index contributed by atoms with van der Waals surface area (Å²) < 4.78 is 13.4. The normalized spacial score (nSPS) is 26.4. The van der Waals surface area contributed by atoms with Gasteiger partial charge in [-0.15, -0.1) is 10.2 Å². The Hall–Kier alpha value is -2.51. The van der Waals surface area contributed by atoms with Gasteiger partial charge in [0.05, 0.1) is 6.20 Å². The largest absolute Gasteiger partial charge is 0.328 e. The number of likely N-dealkylation sites (tertiary alicyclic amines) is 2. The smallest absolute Gasteiger partial charge is 0.320 e. The second-order valence-corrected chi connectivity index (χ2v) is 11.0. The van der Waals surface area contributed by atoms with Crippen LogP contribution in [-0.4, -0.2) is 62.2 Å². The van der Waals surface area contributed by atoms with Gasteiger partial charge in [-0.1, -0.05) is 0 Å². The van der Waals surface area contributed by atoms with Crippen LogP contribution in [0.15, 0.2) is 18.5 Å². The van der Waals surface area contributed by atoms with E-state index in [4.69, 9.17) is 0 Å². The number of aromatic amines is 1. The van der Waals surface area contributed by atoms with Crippen LogP contribution in [0.4, 0.5) is 9.18 Å². The molecule has 0 bridgehead atoms. The summed E-state index contributed by atoms with van der Waals surface area (Å²) in [7, 11) is 0. The second kappa shape index (κ2) is 6.04. The number of hydrogen-bond donors (Lipinski definition) is 1. The molecule has 7 rings (SSSR count). The van der Waals surface area contributed by atoms with Gasteiger partial charge in [-0.2, -0.15) is 0 Å². The number of carbonyl (C=O) groups excluding carboxylic acids is 1. The Bertz CT molecular complexity index is 1040. The molecule has 2 aromatic rings. The third-order valence-electron chi connectivity index (χ3n) is 8.43. The number of urea groups is 1. The van der Waals surface area contributed by atoms with Crippen molar-refractivity contribution in [3.8, 4) is 0 Å². The second-order valence-electron chi connectivity index (χ2n) is 11.0. The molecule has 5 fully saturated rings. The lowest BCUT2D eigenvalue weighted by atomic mass is 9.56. The van der Waals surface area contributed by atoms with Crippen molar-refractivity contribution in [2.45, 2.75) is 56.3 Å². The summed E-state index contributed by atoms with van der Waals surface area (Å²) in [6.07, 6.45) is 9.80. The number of rotatable bonds is 3. The van der Waals surface area contributed by atoms with E-state index >= 15 is 0 Å². The Balaban J connectivity index is 0.881. The molecule has 2 aliphatic heterocycles. The number of nitrogens with zero attached hydrogens (tertiary/aromatic N) is 5. The molecule has 0 aromatic carbocycles. The summed E-state index contributed by atoms with van der Waals surface area (Å²) in [5.74, 6) is 3.34. The highest BCUT2D eigenvalue weighted by Crippen LogP contribution is 2.58. The van der Waals surface area contributed by atoms with Crippen LogP contribution < -0.4 is 0 Å². The molecule has 2 aromatic heterocycles. The predicted molar refractivity (Wildman–Crippen MR) is 110 cm³/mol. The molecule has 0 unspecified atom stereocenters. The van der Waals surface area contributed by atoms with Crippen molar-refractivity contribution >= 4 is 6.03 Å². The quantitative estimate of drug-likeness (QED) is 0.822. The molecule has 2 spiro atoms. The van der Waals surface area contributed by atoms with Crippen molar-refractivity contribution in [3.05, 3.63) is 41.5 Å². The van der Waals surface area contributed by atoms with E-state index in [1.807, 2.05) is 9.80 Å². The number of halogens is 1. The Labute approximate surface area is 180 Å². The number of pyridine rings is 1. The van der Waals surface area contributed by atoms with Crippen molar-refractivity contribution in [3.63, 3.8) is 0 Å². The fraction of sp³-hybridized carbons (Fsp3) is 0.652. The van der Waals surface area contributed by atoms with Gasteiger partial charge in [-0.25, -0.2) is 9.18 Å². The Morgan fingerprint density at radius 1 is 0.903 bits per heavy atom. The van der Waals surface area contributed by atoms with Gasteiger partial charge in [0.25, 0.3) is 0 Å². The Morgan fingerprint density at radius 3 is 2.06 bits per heavy atom. The summed E-state index contributed by atoms with van der Waals surface area (Å²) in [6.45, 7) is 3.46. The first-order valence-electron chi connectivity index (χ1n) is 11.6. The summed E-state index contributed by atoms with van der Waals surface area (Å²) in [5.41, 5.74) is 1.56. The van der Waals surface area contributed by atoms with Gasteiger partial charge in [0.1, 0.15) is 17.5 Å². The summed E-state index contributed by atoms with van der Waals surface area (Å²) in [5, 5.41) is 8.69. The maximum atomic E-state index is 13.4. The van der Waals surface area contributed by atoms with Gasteiger partial charge in [-0.05, 0) is 56.1 Å². The molecule has 0 atom stereocenters. The van der Waals surface area contributed by atoms with E-state index < -0.39 is 0 Å². The van der Waals surface area contributed by atoms with Crippen LogP contribution in [0.1, 0.15) is 73.5 Å². The topological polar surface area (TPSA) is 78.0 Å². The van der Waals surface area contributed by atoms with Gasteiger partial charge >= 0.3 is 6.03 Å². The highest BCUT2D eigenvalue weighted by atomic mass is 19.1. The van der Waals surface area contributed by atoms with Crippen LogP contribution in [-0.2, 0) is 0 Å². The minimum absolute atomic E-state index is 0.200. The van der Waals surface area contributed by atoms with E-state index in [0.29, 0.717) is 23.2 Å². The number of hydrogen-bond acceptors (Lipinski definition) is 4. The summed E-state index contributed by atoms with van der Waals surface area (Å²) in [6, 6.07) is 1.80. The van der Waals surface area contributed by atoms with E-state index in [9.17, 15) is 9.18 Å². The lowest BCUT2D eigenvalue weighted by Crippen LogP contribution is -2.70. The van der Waals surface area contributed by atoms with E-state index in [2.05, 4.69) is 20.2 Å². The van der Waals surface area contributed by atoms with Gasteiger partial charge in [-0.3, -0.25) is 4.98 Å². The molecule has 4 heterocycles. The van der Waals surface area contributed by atoms with E-state index in [1.54, 1.807) is 12.3 Å². The van der Waals surface area contributed by atoms with Crippen molar-refractivity contribution in [2.75, 3.05) is 26.2 Å². The number of H-pyrrole nitrogens is 1. The number of carbonyl (C=O) groups is 1. The molecule has 5 aliphatic rings. The van der Waals surface area contributed by atoms with Crippen LogP contribution >= 0.6 is 0 Å². The van der Waals surface area contributed by atoms with Crippen LogP contribution in [0.5, 0.6) is 0 Å². The number of amides is 2. The van der Waals surface area contributed by atoms with Crippen LogP contribution in [0, 0.1) is 16.6 Å². The van der Waals surface area contributed by atoms with Crippen molar-refractivity contribution in [1.82, 2.24) is 30.0 Å². The van der Waals surface area contributed by atoms with Crippen molar-refractivity contribution in [1.29, 1.82) is 0 Å². The lowest BCUT2D eigenvalue weighted by Gasteiger charge is -2.63. The predicted octanol–water partition coefficient (Wildman–Crippen LogP) is 3.40. The fourth-order valence-electron chi connectivity index (χ4n) is 6.58. The average Bonchev–Trinajstić information content (AvgIpc) is 3.35. The molecule has 7 nitrogen and oxygen atoms in total. The summed E-state index contributed by atoms with van der Waals surface area (Å²) in [4.78, 5) is 24.3. The maximum Gasteiger partial charge on any atom is 0.320 e. The minimum Gasteiger partial charge on any atom is -0.328 e. The third kappa shape index (κ3) is 2.83. The van der Waals surface area contributed by atoms with E-state index in [-0.39, 0.29) is 17.3 Å². The van der Waals surface area contributed by atoms with Crippen LogP contribution in [0.2, 0.25) is 0 Å². The highest BCUT2D eigenvalue weighted by molar-refractivity contribution is 5.77. The number of aromatic nitrogens is 4. The molecule has 162 valence electrons. The third-order valence-corrected chi connectivity index (χ3v) is 8.43. The molecule has 1 N–H and O–H groups in total. The zero-order valence-corrected chi connectivity index (χ0v) is 17.6. The van der Waals surface area contributed by atoms with Gasteiger partial charge in [0, 0.05) is 55.0 Å². The number of nitrogens with one attached hydrogen (secondary N) is 1. The first kappa shape index (κ1) is 18.1. The molecule has 3 aliphatic carbocycles. The lowest BCUT2D eigenvalue weighted by molar-refractivity contribution is -0.0899. The molecule has 2 amide bonds. The zero-order chi connectivity index (χ0) is 20.8. The zero-order valence-electron chi connectivity index (χ0n) is 17.6. The van der Waals surface area contributed by atoms with Gasteiger partial charge in [0.15, 0.2) is 0 Å². The molecule has 8 heteroatoms. The first-order chi connectivity index (χ1) is 15.0. The molecular weight excluding hydrogens is 395 g/mol. The van der Waals surface area contributed by atoms with Crippen LogP contribution in [0.25, 0.3) is 0 Å². The summed E-state index contributed by atoms with van der Waals surface area (Å²) >= 11 is 0. The molecule has 2 saturated heterocycles. The minimum atomic E-state index is -0.263. The molecule has 3 saturated carbocycles.